The summed E-state index contributed by atoms with van der Waals surface area (Å²) in [6.45, 7) is 6.90. The zero-order valence-electron chi connectivity index (χ0n) is 5.20. The first-order chi connectivity index (χ1) is 3.84. The Morgan fingerprint density at radius 1 is 1.75 bits per heavy atom. The third-order valence-electron chi connectivity index (χ3n) is 1.48. The van der Waals surface area contributed by atoms with Crippen LogP contribution in [0.2, 0.25) is 0 Å². The van der Waals surface area contributed by atoms with Gasteiger partial charge in [0.15, 0.2) is 0 Å². The molecule has 0 bridgehead atoms. The van der Waals surface area contributed by atoms with Gasteiger partial charge in [-0.25, -0.2) is 0 Å². The number of rotatable bonds is 1. The summed E-state index contributed by atoms with van der Waals surface area (Å²) < 4.78 is 0. The molecule has 0 aromatic carbocycles. The van der Waals surface area contributed by atoms with Crippen molar-refractivity contribution in [2.75, 3.05) is 6.54 Å². The molecule has 0 unspecified atom stereocenters. The second-order valence-corrected chi connectivity index (χ2v) is 2.07. The lowest BCUT2D eigenvalue weighted by molar-refractivity contribution is 0.886. The van der Waals surface area contributed by atoms with Gasteiger partial charge in [-0.15, -0.1) is 0 Å². The molecule has 8 heavy (non-hydrogen) atoms. The molecule has 0 fully saturated rings. The Hall–Kier alpha value is -0.720. The molecule has 0 aliphatic carbocycles. The number of allylic oxidation sites excluding steroid dienone is 1. The van der Waals surface area contributed by atoms with Gasteiger partial charge < -0.3 is 5.32 Å². The Morgan fingerprint density at radius 3 is 2.75 bits per heavy atom. The normalized spacial score (nSPS) is 18.6. The fourth-order valence-corrected chi connectivity index (χ4v) is 0.917. The van der Waals surface area contributed by atoms with Crippen molar-refractivity contribution < 1.29 is 0 Å². The molecule has 0 aromatic rings. The van der Waals surface area contributed by atoms with Crippen LogP contribution in [-0.2, 0) is 0 Å². The van der Waals surface area contributed by atoms with Gasteiger partial charge in [0.2, 0.25) is 0 Å². The van der Waals surface area contributed by atoms with E-state index in [-0.39, 0.29) is 0 Å². The van der Waals surface area contributed by atoms with E-state index in [9.17, 15) is 0 Å². The third kappa shape index (κ3) is 0.760. The Kier molecular flexibility index (Phi) is 1.38. The van der Waals surface area contributed by atoms with Crippen LogP contribution in [0.15, 0.2) is 23.9 Å². The molecule has 0 saturated heterocycles. The zero-order chi connectivity index (χ0) is 5.98. The van der Waals surface area contributed by atoms with Gasteiger partial charge in [-0.1, -0.05) is 6.58 Å². The molecule has 0 spiro atoms. The van der Waals surface area contributed by atoms with E-state index in [0.717, 1.165) is 6.54 Å². The van der Waals surface area contributed by atoms with Crippen molar-refractivity contribution in [1.82, 2.24) is 5.32 Å². The summed E-state index contributed by atoms with van der Waals surface area (Å²) in [5.74, 6) is 0. The predicted molar refractivity (Wildman–Crippen MR) is 35.5 cm³/mol. The van der Waals surface area contributed by atoms with Gasteiger partial charge in [0.1, 0.15) is 0 Å². The summed E-state index contributed by atoms with van der Waals surface area (Å²) in [4.78, 5) is 0. The van der Waals surface area contributed by atoms with Crippen LogP contribution < -0.4 is 5.32 Å². The second kappa shape index (κ2) is 2.03. The van der Waals surface area contributed by atoms with Crippen LogP contribution in [0.5, 0.6) is 0 Å². The molecule has 1 heterocycles. The molecule has 44 valence electrons. The van der Waals surface area contributed by atoms with Gasteiger partial charge in [-0.3, -0.25) is 0 Å². The van der Waals surface area contributed by atoms with Crippen LogP contribution in [-0.4, -0.2) is 6.54 Å². The maximum atomic E-state index is 3.67. The topological polar surface area (TPSA) is 12.0 Å². The van der Waals surface area contributed by atoms with E-state index in [1.54, 1.807) is 0 Å². The largest absolute Gasteiger partial charge is 0.385 e. The zero-order valence-corrected chi connectivity index (χ0v) is 5.20. The van der Waals surface area contributed by atoms with E-state index >= 15 is 0 Å². The maximum absolute atomic E-state index is 3.67. The molecule has 1 nitrogen and oxygen atoms in total. The monoisotopic (exact) mass is 109 g/mol. The summed E-state index contributed by atoms with van der Waals surface area (Å²) in [7, 11) is 0. The van der Waals surface area contributed by atoms with Crippen molar-refractivity contribution in [2.24, 2.45) is 0 Å². The Morgan fingerprint density at radius 2 is 2.50 bits per heavy atom. The smallest absolute Gasteiger partial charge is 0.0324 e. The predicted octanol–water partition coefficient (Wildman–Crippen LogP) is 1.44. The van der Waals surface area contributed by atoms with Crippen LogP contribution in [0.4, 0.5) is 0 Å². The summed E-state index contributed by atoms with van der Waals surface area (Å²) in [6, 6.07) is 0. The van der Waals surface area contributed by atoms with Crippen LogP contribution >= 0.6 is 0 Å². The number of hydrogen-bond donors (Lipinski definition) is 1. The summed E-state index contributed by atoms with van der Waals surface area (Å²) in [5, 5.41) is 3.22. The summed E-state index contributed by atoms with van der Waals surface area (Å²) >= 11 is 0. The SMILES string of the molecule is C=CC1=C(C)CCN1. The van der Waals surface area contributed by atoms with E-state index in [2.05, 4.69) is 18.8 Å². The van der Waals surface area contributed by atoms with E-state index in [0.29, 0.717) is 0 Å². The fourth-order valence-electron chi connectivity index (χ4n) is 0.917. The first-order valence-electron chi connectivity index (χ1n) is 2.90. The minimum Gasteiger partial charge on any atom is -0.385 e. The van der Waals surface area contributed by atoms with Crippen molar-refractivity contribution in [3.63, 3.8) is 0 Å². The van der Waals surface area contributed by atoms with Crippen molar-refractivity contribution in [1.29, 1.82) is 0 Å². The van der Waals surface area contributed by atoms with Gasteiger partial charge in [0.25, 0.3) is 0 Å². The molecule has 1 aliphatic heterocycles. The minimum absolute atomic E-state index is 1.09. The first kappa shape index (κ1) is 5.42. The van der Waals surface area contributed by atoms with Crippen LogP contribution in [0.25, 0.3) is 0 Å². The van der Waals surface area contributed by atoms with Gasteiger partial charge in [0, 0.05) is 12.2 Å². The average Bonchev–Trinajstić information content (AvgIpc) is 2.14. The molecule has 0 radical (unpaired) electrons. The molecule has 0 saturated carbocycles. The lowest BCUT2D eigenvalue weighted by atomic mass is 10.2. The third-order valence-corrected chi connectivity index (χ3v) is 1.48. The van der Waals surface area contributed by atoms with E-state index < -0.39 is 0 Å². The summed E-state index contributed by atoms with van der Waals surface area (Å²) in [5.41, 5.74) is 2.66. The average molecular weight is 109 g/mol. The Labute approximate surface area is 50.1 Å². The Balaban J connectivity index is 2.72. The highest BCUT2D eigenvalue weighted by atomic mass is 14.9. The quantitative estimate of drug-likeness (QED) is 0.537. The summed E-state index contributed by atoms with van der Waals surface area (Å²) in [6.07, 6.45) is 3.06. The Bertz CT molecular complexity index is 133. The van der Waals surface area contributed by atoms with Crippen molar-refractivity contribution >= 4 is 0 Å². The van der Waals surface area contributed by atoms with Crippen molar-refractivity contribution in [3.8, 4) is 0 Å². The van der Waals surface area contributed by atoms with E-state index in [1.807, 2.05) is 6.08 Å². The molecule has 1 N–H and O–H groups in total. The molecular weight excluding hydrogens is 98.1 g/mol. The highest BCUT2D eigenvalue weighted by Gasteiger charge is 2.03. The molecule has 1 heteroatoms. The van der Waals surface area contributed by atoms with Crippen LogP contribution in [0.1, 0.15) is 13.3 Å². The molecule has 1 aliphatic rings. The number of hydrogen-bond acceptors (Lipinski definition) is 1. The standard InChI is InChI=1S/C7H11N/c1-3-7-6(2)4-5-8-7/h3,8H,1,4-5H2,2H3. The molecule has 1 rings (SSSR count). The maximum Gasteiger partial charge on any atom is 0.0324 e. The lowest BCUT2D eigenvalue weighted by Crippen LogP contribution is -2.04. The number of nitrogens with one attached hydrogen (secondary N) is 1. The van der Waals surface area contributed by atoms with Crippen molar-refractivity contribution in [3.05, 3.63) is 23.9 Å². The highest BCUT2D eigenvalue weighted by Crippen LogP contribution is 2.11. The van der Waals surface area contributed by atoms with Crippen molar-refractivity contribution in [2.45, 2.75) is 13.3 Å². The second-order valence-electron chi connectivity index (χ2n) is 2.07. The van der Waals surface area contributed by atoms with Gasteiger partial charge in [-0.05, 0) is 25.0 Å². The van der Waals surface area contributed by atoms with E-state index in [4.69, 9.17) is 0 Å². The van der Waals surface area contributed by atoms with Gasteiger partial charge in [0.05, 0.1) is 0 Å². The first-order valence-corrected chi connectivity index (χ1v) is 2.90. The highest BCUT2D eigenvalue weighted by molar-refractivity contribution is 5.24. The molecule has 0 atom stereocenters. The van der Waals surface area contributed by atoms with Crippen LogP contribution in [0.3, 0.4) is 0 Å². The molecular formula is C7H11N. The molecule has 0 amide bonds. The fraction of sp³-hybridized carbons (Fsp3) is 0.429. The van der Waals surface area contributed by atoms with Gasteiger partial charge in [-0.2, -0.15) is 0 Å². The van der Waals surface area contributed by atoms with Crippen LogP contribution in [0, 0.1) is 0 Å². The van der Waals surface area contributed by atoms with Gasteiger partial charge >= 0.3 is 0 Å². The lowest BCUT2D eigenvalue weighted by Gasteiger charge is -1.93. The van der Waals surface area contributed by atoms with E-state index in [1.165, 1.54) is 17.7 Å². The minimum atomic E-state index is 1.09. The molecule has 0 aromatic heterocycles.